The maximum Gasteiger partial charge on any atom is 0.338 e. The van der Waals surface area contributed by atoms with E-state index < -0.39 is 5.97 Å². The number of methoxy groups -OCH3 is 1. The van der Waals surface area contributed by atoms with Gasteiger partial charge in [0, 0.05) is 17.0 Å². The Kier molecular flexibility index (Phi) is 4.26. The van der Waals surface area contributed by atoms with Crippen LogP contribution in [0.3, 0.4) is 0 Å². The number of carbonyl (C=O) groups is 2. The van der Waals surface area contributed by atoms with Crippen molar-refractivity contribution in [1.82, 2.24) is 5.32 Å². The molecule has 2 rings (SSSR count). The second-order valence-electron chi connectivity index (χ2n) is 5.34. The molecule has 0 aliphatic carbocycles. The molecule has 0 radical (unpaired) electrons. The zero-order valence-electron chi connectivity index (χ0n) is 12.7. The van der Waals surface area contributed by atoms with Crippen molar-refractivity contribution in [1.29, 1.82) is 0 Å². The monoisotopic (exact) mass is 285 g/mol. The number of carbonyl (C=O) groups excluding carboxylic acids is 2. The number of aryl methyl sites for hydroxylation is 1. The summed E-state index contributed by atoms with van der Waals surface area (Å²) in [5.41, 5.74) is 1.85. The van der Waals surface area contributed by atoms with Gasteiger partial charge in [-0.2, -0.15) is 0 Å². The van der Waals surface area contributed by atoms with E-state index in [1.54, 1.807) is 12.1 Å². The second-order valence-corrected chi connectivity index (χ2v) is 5.34. The Bertz CT molecular complexity index is 704. The molecule has 2 aromatic rings. The zero-order valence-corrected chi connectivity index (χ0v) is 12.7. The van der Waals surface area contributed by atoms with Gasteiger partial charge in [-0.25, -0.2) is 4.79 Å². The highest BCUT2D eigenvalue weighted by Gasteiger charge is 2.18. The van der Waals surface area contributed by atoms with Crippen molar-refractivity contribution in [2.24, 2.45) is 0 Å². The Morgan fingerprint density at radius 1 is 1.14 bits per heavy atom. The molecule has 0 spiro atoms. The number of nitrogens with one attached hydrogen (secondary N) is 1. The van der Waals surface area contributed by atoms with Gasteiger partial charge in [0.2, 0.25) is 0 Å². The van der Waals surface area contributed by atoms with Crippen LogP contribution in [0.15, 0.2) is 30.3 Å². The van der Waals surface area contributed by atoms with Crippen molar-refractivity contribution < 1.29 is 14.3 Å². The topological polar surface area (TPSA) is 55.4 Å². The van der Waals surface area contributed by atoms with Gasteiger partial charge in [0.05, 0.1) is 12.7 Å². The van der Waals surface area contributed by atoms with E-state index in [0.29, 0.717) is 16.5 Å². The molecule has 1 N–H and O–H groups in total. The fourth-order valence-corrected chi connectivity index (χ4v) is 2.38. The van der Waals surface area contributed by atoms with Crippen LogP contribution < -0.4 is 5.32 Å². The van der Waals surface area contributed by atoms with Gasteiger partial charge in [0.1, 0.15) is 0 Å². The minimum atomic E-state index is -0.437. The Hall–Kier alpha value is -2.36. The van der Waals surface area contributed by atoms with Crippen LogP contribution in [0.4, 0.5) is 0 Å². The number of rotatable bonds is 3. The molecule has 0 aromatic heterocycles. The number of fused-ring (bicyclic) bond motifs is 1. The number of esters is 1. The number of hydrogen-bond donors (Lipinski definition) is 1. The molecule has 0 saturated carbocycles. The van der Waals surface area contributed by atoms with E-state index in [2.05, 4.69) is 5.32 Å². The number of benzene rings is 2. The lowest BCUT2D eigenvalue weighted by Gasteiger charge is -2.13. The van der Waals surface area contributed by atoms with Crippen LogP contribution in [-0.2, 0) is 4.74 Å². The molecule has 110 valence electrons. The summed E-state index contributed by atoms with van der Waals surface area (Å²) in [7, 11) is 1.34. The van der Waals surface area contributed by atoms with E-state index in [1.165, 1.54) is 7.11 Å². The van der Waals surface area contributed by atoms with E-state index in [-0.39, 0.29) is 11.9 Å². The summed E-state index contributed by atoms with van der Waals surface area (Å²) in [6, 6.07) is 9.16. The molecule has 1 amide bonds. The number of ether oxygens (including phenoxy) is 1. The smallest absolute Gasteiger partial charge is 0.338 e. The molecule has 0 atom stereocenters. The van der Waals surface area contributed by atoms with E-state index >= 15 is 0 Å². The lowest BCUT2D eigenvalue weighted by atomic mass is 9.96. The molecular formula is C17H19NO3. The SMILES string of the molecule is COC(=O)c1cc(C)cc2cccc(C(=O)NC(C)C)c12. The van der Waals surface area contributed by atoms with Crippen molar-refractivity contribution >= 4 is 22.6 Å². The molecule has 4 nitrogen and oxygen atoms in total. The zero-order chi connectivity index (χ0) is 15.6. The normalized spacial score (nSPS) is 10.7. The highest BCUT2D eigenvalue weighted by atomic mass is 16.5. The molecule has 0 heterocycles. The molecule has 0 aliphatic heterocycles. The maximum atomic E-state index is 12.4. The summed E-state index contributed by atoms with van der Waals surface area (Å²) in [6.45, 7) is 5.70. The lowest BCUT2D eigenvalue weighted by molar-refractivity contribution is 0.0603. The molecule has 0 aliphatic rings. The van der Waals surface area contributed by atoms with Crippen LogP contribution in [0.5, 0.6) is 0 Å². The van der Waals surface area contributed by atoms with Gasteiger partial charge in [0.25, 0.3) is 5.91 Å². The first kappa shape index (κ1) is 15.0. The predicted octanol–water partition coefficient (Wildman–Crippen LogP) is 3.07. The number of amides is 1. The third-order valence-corrected chi connectivity index (χ3v) is 3.19. The molecule has 0 saturated heterocycles. The van der Waals surface area contributed by atoms with E-state index in [9.17, 15) is 9.59 Å². The van der Waals surface area contributed by atoms with Crippen molar-refractivity contribution in [3.63, 3.8) is 0 Å². The molecule has 0 bridgehead atoms. The van der Waals surface area contributed by atoms with Gasteiger partial charge < -0.3 is 10.1 Å². The van der Waals surface area contributed by atoms with Gasteiger partial charge in [-0.05, 0) is 43.9 Å². The fourth-order valence-electron chi connectivity index (χ4n) is 2.38. The average molecular weight is 285 g/mol. The quantitative estimate of drug-likeness (QED) is 0.882. The van der Waals surface area contributed by atoms with Crippen LogP contribution >= 0.6 is 0 Å². The minimum absolute atomic E-state index is 0.0276. The van der Waals surface area contributed by atoms with Crippen molar-refractivity contribution in [2.75, 3.05) is 7.11 Å². The molecule has 0 fully saturated rings. The van der Waals surface area contributed by atoms with Crippen molar-refractivity contribution in [3.05, 3.63) is 47.0 Å². The van der Waals surface area contributed by atoms with Gasteiger partial charge in [0.15, 0.2) is 0 Å². The summed E-state index contributed by atoms with van der Waals surface area (Å²) >= 11 is 0. The fraction of sp³-hybridized carbons (Fsp3) is 0.294. The lowest BCUT2D eigenvalue weighted by Crippen LogP contribution is -2.30. The Morgan fingerprint density at radius 3 is 2.48 bits per heavy atom. The highest BCUT2D eigenvalue weighted by molar-refractivity contribution is 6.14. The van der Waals surface area contributed by atoms with E-state index in [0.717, 1.165) is 10.9 Å². The summed E-state index contributed by atoms with van der Waals surface area (Å²) < 4.78 is 4.84. The van der Waals surface area contributed by atoms with E-state index in [4.69, 9.17) is 4.74 Å². The van der Waals surface area contributed by atoms with Crippen LogP contribution in [0.2, 0.25) is 0 Å². The van der Waals surface area contributed by atoms with Crippen LogP contribution in [0.1, 0.15) is 40.1 Å². The highest BCUT2D eigenvalue weighted by Crippen LogP contribution is 2.25. The van der Waals surface area contributed by atoms with Crippen molar-refractivity contribution in [2.45, 2.75) is 26.8 Å². The first-order valence-corrected chi connectivity index (χ1v) is 6.86. The summed E-state index contributed by atoms with van der Waals surface area (Å²) in [5.74, 6) is -0.627. The predicted molar refractivity (Wildman–Crippen MR) is 82.6 cm³/mol. The Balaban J connectivity index is 2.72. The number of hydrogen-bond acceptors (Lipinski definition) is 3. The van der Waals surface area contributed by atoms with Crippen LogP contribution in [-0.4, -0.2) is 25.0 Å². The summed E-state index contributed by atoms with van der Waals surface area (Å²) in [4.78, 5) is 24.4. The molecule has 2 aromatic carbocycles. The Labute approximate surface area is 124 Å². The molecular weight excluding hydrogens is 266 g/mol. The summed E-state index contributed by atoms with van der Waals surface area (Å²) in [6.07, 6.45) is 0. The minimum Gasteiger partial charge on any atom is -0.465 e. The molecule has 4 heteroatoms. The van der Waals surface area contributed by atoms with Crippen LogP contribution in [0, 0.1) is 6.92 Å². The second kappa shape index (κ2) is 5.95. The largest absolute Gasteiger partial charge is 0.465 e. The van der Waals surface area contributed by atoms with Crippen molar-refractivity contribution in [3.8, 4) is 0 Å². The van der Waals surface area contributed by atoms with Gasteiger partial charge in [-0.1, -0.05) is 18.2 Å². The standard InChI is InChI=1S/C17H19NO3/c1-10(2)18-16(19)13-7-5-6-12-8-11(3)9-14(15(12)13)17(20)21-4/h5-10H,1-4H3,(H,18,19). The first-order valence-electron chi connectivity index (χ1n) is 6.86. The molecule has 0 unspecified atom stereocenters. The summed E-state index contributed by atoms with van der Waals surface area (Å²) in [5, 5.41) is 4.34. The van der Waals surface area contributed by atoms with Gasteiger partial charge >= 0.3 is 5.97 Å². The van der Waals surface area contributed by atoms with E-state index in [1.807, 2.05) is 39.0 Å². The Morgan fingerprint density at radius 2 is 1.86 bits per heavy atom. The average Bonchev–Trinajstić information content (AvgIpc) is 2.43. The van der Waals surface area contributed by atoms with Crippen LogP contribution in [0.25, 0.3) is 10.8 Å². The third-order valence-electron chi connectivity index (χ3n) is 3.19. The third kappa shape index (κ3) is 3.05. The first-order chi connectivity index (χ1) is 9.93. The maximum absolute atomic E-state index is 12.4. The van der Waals surface area contributed by atoms with Gasteiger partial charge in [-0.15, -0.1) is 0 Å². The molecule has 21 heavy (non-hydrogen) atoms. The van der Waals surface area contributed by atoms with Gasteiger partial charge in [-0.3, -0.25) is 4.79 Å².